The van der Waals surface area contributed by atoms with E-state index >= 15 is 0 Å². The molecule has 0 saturated heterocycles. The molecule has 0 unspecified atom stereocenters. The van der Waals surface area contributed by atoms with Crippen molar-refractivity contribution in [2.24, 2.45) is 0 Å². The maximum atomic E-state index is 12.8. The quantitative estimate of drug-likeness (QED) is 0.0671. The van der Waals surface area contributed by atoms with E-state index in [9.17, 15) is 24.3 Å². The van der Waals surface area contributed by atoms with Crippen LogP contribution in [-0.2, 0) is 53.1 Å². The third-order valence-corrected chi connectivity index (χ3v) is 12.3. The number of aryl methyl sites for hydroxylation is 7. The molecule has 0 aliphatic carbocycles. The van der Waals surface area contributed by atoms with Crippen molar-refractivity contribution in [3.63, 3.8) is 0 Å². The largest absolute Gasteiger partial charge is 0.497 e. The maximum Gasteiger partial charge on any atom is 0.416 e. The minimum Gasteiger partial charge on any atom is -0.497 e. The highest BCUT2D eigenvalue weighted by Gasteiger charge is 2.22. The van der Waals surface area contributed by atoms with E-state index in [1.807, 2.05) is 142 Å². The van der Waals surface area contributed by atoms with Gasteiger partial charge < -0.3 is 32.9 Å². The van der Waals surface area contributed by atoms with Crippen LogP contribution in [0, 0.1) is 20.8 Å². The van der Waals surface area contributed by atoms with Crippen molar-refractivity contribution in [1.82, 2.24) is 19.8 Å². The average molecular weight is 1030 g/mol. The zero-order chi connectivity index (χ0) is 53.8. The second-order valence-electron chi connectivity index (χ2n) is 18.0. The molecule has 0 atom stereocenters. The first-order valence-corrected chi connectivity index (χ1v) is 24.9. The van der Waals surface area contributed by atoms with Crippen molar-refractivity contribution in [1.29, 1.82) is 0 Å². The molecule has 0 radical (unpaired) electrons. The van der Waals surface area contributed by atoms with Gasteiger partial charge in [0.05, 0.1) is 25.6 Å². The van der Waals surface area contributed by atoms with E-state index in [1.54, 1.807) is 43.5 Å². The molecule has 2 amide bonds. The Bertz CT molecular complexity index is 3120. The number of nitrogens with zero attached hydrogens (tertiary/aromatic N) is 4. The van der Waals surface area contributed by atoms with Crippen molar-refractivity contribution in [3.8, 4) is 40.2 Å². The molecule has 6 aromatic carbocycles. The van der Waals surface area contributed by atoms with Crippen molar-refractivity contribution >= 4 is 24.1 Å². The zero-order valence-electron chi connectivity index (χ0n) is 43.4. The molecule has 0 aliphatic rings. The fraction of sp³-hybridized carbons (Fsp3) is 0.246. The van der Waals surface area contributed by atoms with Crippen LogP contribution in [0.1, 0.15) is 63.6 Å². The Morgan fingerprint density at radius 3 is 1.29 bits per heavy atom. The minimum absolute atomic E-state index is 0.137. The van der Waals surface area contributed by atoms with Gasteiger partial charge in [-0.15, -0.1) is 0 Å². The summed E-state index contributed by atoms with van der Waals surface area (Å²) in [4.78, 5) is 60.6. The van der Waals surface area contributed by atoms with Crippen LogP contribution in [0.2, 0.25) is 0 Å². The summed E-state index contributed by atoms with van der Waals surface area (Å²) in [6.07, 6.45) is 3.84. The highest BCUT2D eigenvalue weighted by atomic mass is 16.6. The lowest BCUT2D eigenvalue weighted by atomic mass is 10.0. The van der Waals surface area contributed by atoms with Crippen molar-refractivity contribution in [2.75, 3.05) is 27.3 Å². The summed E-state index contributed by atoms with van der Waals surface area (Å²) in [5, 5.41) is 9.27. The molecule has 15 heteroatoms. The molecule has 8 aromatic rings. The Hall–Kier alpha value is -8.98. The van der Waals surface area contributed by atoms with E-state index < -0.39 is 30.7 Å². The van der Waals surface area contributed by atoms with Crippen LogP contribution in [0.4, 0.5) is 9.59 Å². The molecule has 0 saturated carbocycles. The minimum atomic E-state index is -1.10. The van der Waals surface area contributed by atoms with Gasteiger partial charge in [-0.2, -0.15) is 0 Å². The molecule has 15 nitrogen and oxygen atoms in total. The third kappa shape index (κ3) is 16.5. The second kappa shape index (κ2) is 27.3. The van der Waals surface area contributed by atoms with E-state index in [2.05, 4.69) is 9.97 Å². The summed E-state index contributed by atoms with van der Waals surface area (Å²) in [7, 11) is 2.84. The number of carboxylic acid groups (broad SMARTS) is 1. The molecule has 0 fully saturated rings. The first-order chi connectivity index (χ1) is 36.8. The summed E-state index contributed by atoms with van der Waals surface area (Å²) >= 11 is 0. The standard InChI is InChI=1S/C31H32N2O6.C30H30N2O5/c1-22-28(32-30(38-22)25-9-5-4-6-10-25)11-7-8-23-12-14-24(15-13-23)20-33(21-29(34)37-3)31(35)39-27-18-16-26(36-2)17-19-27;1-21-11-17-26(18-12-21)37-30(35)32(20-28(33)34)19-24-15-13-23(14-16-24)7-6-10-27-22(2)36-29(31-27)25-8-4-3-5-9-25/h4-6,9-10,12-19H,7-8,11,20-21H2,1-3H3;3-5,8-9,11-18H,6-7,10,19-20H2,1-2H3,(H,33,34). The fourth-order valence-electron chi connectivity index (χ4n) is 8.05. The van der Waals surface area contributed by atoms with Crippen LogP contribution in [-0.4, -0.2) is 76.3 Å². The topological polar surface area (TPSA) is 184 Å². The van der Waals surface area contributed by atoms with Crippen LogP contribution in [0.3, 0.4) is 0 Å². The van der Waals surface area contributed by atoms with Gasteiger partial charge in [0.1, 0.15) is 41.9 Å². The Morgan fingerprint density at radius 1 is 0.487 bits per heavy atom. The molecule has 1 N–H and O–H groups in total. The maximum absolute atomic E-state index is 12.8. The molecule has 2 heterocycles. The van der Waals surface area contributed by atoms with E-state index in [0.717, 1.165) is 94.8 Å². The fourth-order valence-corrected chi connectivity index (χ4v) is 8.05. The molecule has 0 bridgehead atoms. The van der Waals surface area contributed by atoms with Crippen LogP contribution < -0.4 is 14.2 Å². The molecule has 0 spiro atoms. The number of aliphatic carboxylic acids is 1. The molecule has 8 rings (SSSR count). The number of benzene rings is 6. The number of carbonyl (C=O) groups excluding carboxylic acids is 3. The third-order valence-electron chi connectivity index (χ3n) is 12.3. The van der Waals surface area contributed by atoms with E-state index in [0.29, 0.717) is 29.0 Å². The number of hydrogen-bond donors (Lipinski definition) is 1. The number of carboxylic acids is 1. The Morgan fingerprint density at radius 2 is 0.882 bits per heavy atom. The Kier molecular flexibility index (Phi) is 19.7. The number of rotatable bonds is 21. The second-order valence-corrected chi connectivity index (χ2v) is 18.0. The van der Waals surface area contributed by atoms with E-state index in [-0.39, 0.29) is 19.6 Å². The van der Waals surface area contributed by atoms with Crippen LogP contribution in [0.25, 0.3) is 22.9 Å². The monoisotopic (exact) mass is 1030 g/mol. The SMILES string of the molecule is COC(=O)CN(Cc1ccc(CCCc2nc(-c3ccccc3)oc2C)cc1)C(=O)Oc1ccc(OC)cc1.Cc1ccc(OC(=O)N(CC(=O)O)Cc2ccc(CCCc3nc(-c4ccccc4)oc3C)cc2)cc1. The van der Waals surface area contributed by atoms with Gasteiger partial charge in [-0.1, -0.05) is 103 Å². The van der Waals surface area contributed by atoms with Gasteiger partial charge in [0.2, 0.25) is 11.8 Å². The highest BCUT2D eigenvalue weighted by Crippen LogP contribution is 2.25. The number of ether oxygens (including phenoxy) is 4. The van der Waals surface area contributed by atoms with Crippen LogP contribution >= 0.6 is 0 Å². The van der Waals surface area contributed by atoms with Gasteiger partial charge in [-0.05, 0) is 142 Å². The van der Waals surface area contributed by atoms with Gasteiger partial charge in [-0.25, -0.2) is 19.6 Å². The predicted molar refractivity (Wildman–Crippen MR) is 287 cm³/mol. The predicted octanol–water partition coefficient (Wildman–Crippen LogP) is 12.2. The van der Waals surface area contributed by atoms with Gasteiger partial charge >= 0.3 is 24.1 Å². The highest BCUT2D eigenvalue weighted by molar-refractivity contribution is 5.79. The normalized spacial score (nSPS) is 10.7. The number of methoxy groups -OCH3 is 2. The average Bonchev–Trinajstić information content (AvgIpc) is 4.01. The summed E-state index contributed by atoms with van der Waals surface area (Å²) in [5.41, 5.74) is 8.92. The van der Waals surface area contributed by atoms with Gasteiger partial charge in [-0.3, -0.25) is 19.4 Å². The number of aromatic nitrogens is 2. The lowest BCUT2D eigenvalue weighted by molar-refractivity contribution is -0.141. The number of esters is 1. The number of hydrogen-bond acceptors (Lipinski definition) is 12. The zero-order valence-corrected chi connectivity index (χ0v) is 43.4. The molecule has 0 aliphatic heterocycles. The van der Waals surface area contributed by atoms with Crippen LogP contribution in [0.5, 0.6) is 17.2 Å². The van der Waals surface area contributed by atoms with Gasteiger partial charge in [0, 0.05) is 24.2 Å². The number of amides is 2. The van der Waals surface area contributed by atoms with Crippen molar-refractivity contribution in [3.05, 3.63) is 208 Å². The molecular formula is C61H62N4O11. The Balaban J connectivity index is 0.000000221. The molecular weight excluding hydrogens is 965 g/mol. The Labute approximate surface area is 442 Å². The van der Waals surface area contributed by atoms with Gasteiger partial charge in [0.15, 0.2) is 0 Å². The lowest BCUT2D eigenvalue weighted by Gasteiger charge is -2.21. The van der Waals surface area contributed by atoms with Crippen molar-refractivity contribution in [2.45, 2.75) is 72.4 Å². The molecule has 392 valence electrons. The summed E-state index contributed by atoms with van der Waals surface area (Å²) < 4.78 is 32.4. The van der Waals surface area contributed by atoms with Crippen molar-refractivity contribution < 1.29 is 52.1 Å². The lowest BCUT2D eigenvalue weighted by Crippen LogP contribution is -2.37. The summed E-state index contributed by atoms with van der Waals surface area (Å²) in [6, 6.07) is 49.2. The first kappa shape index (κ1) is 54.8. The summed E-state index contributed by atoms with van der Waals surface area (Å²) in [6.45, 7) is 5.48. The smallest absolute Gasteiger partial charge is 0.416 e. The van der Waals surface area contributed by atoms with Crippen LogP contribution in [0.15, 0.2) is 167 Å². The number of oxazole rings is 2. The van der Waals surface area contributed by atoms with Gasteiger partial charge in [0.25, 0.3) is 0 Å². The summed E-state index contributed by atoms with van der Waals surface area (Å²) in [5.74, 6) is 2.71. The van der Waals surface area contributed by atoms with E-state index in [1.165, 1.54) is 22.5 Å². The molecule has 2 aromatic heterocycles. The van der Waals surface area contributed by atoms with E-state index in [4.69, 9.17) is 27.8 Å². The number of carbonyl (C=O) groups is 4. The first-order valence-electron chi connectivity index (χ1n) is 24.9. The molecule has 76 heavy (non-hydrogen) atoms.